The Bertz CT molecular complexity index is 623. The van der Waals surface area contributed by atoms with Crippen LogP contribution in [-0.2, 0) is 0 Å². The van der Waals surface area contributed by atoms with E-state index in [1.54, 1.807) is 0 Å². The molecule has 1 aliphatic heterocycles. The molecule has 5 nitrogen and oxygen atoms in total. The third-order valence-corrected chi connectivity index (χ3v) is 3.96. The predicted octanol–water partition coefficient (Wildman–Crippen LogP) is 2.28. The monoisotopic (exact) mass is 285 g/mol. The first-order chi connectivity index (χ1) is 10.0. The summed E-state index contributed by atoms with van der Waals surface area (Å²) in [5.41, 5.74) is 3.58. The molecular weight excluding hydrogens is 262 g/mol. The minimum absolute atomic E-state index is 0.455. The molecule has 2 atom stereocenters. The van der Waals surface area contributed by atoms with Crippen molar-refractivity contribution in [2.24, 2.45) is 0 Å². The summed E-state index contributed by atoms with van der Waals surface area (Å²) in [4.78, 5) is 6.95. The molecule has 1 fully saturated rings. The first kappa shape index (κ1) is 14.1. The summed E-state index contributed by atoms with van der Waals surface area (Å²) in [5.74, 6) is 1.65. The molecule has 1 saturated heterocycles. The Kier molecular flexibility index (Phi) is 3.68. The van der Waals surface area contributed by atoms with Crippen LogP contribution in [0.5, 0.6) is 0 Å². The number of aromatic nitrogens is 3. The van der Waals surface area contributed by atoms with Crippen molar-refractivity contribution in [3.05, 3.63) is 29.3 Å². The fourth-order valence-electron chi connectivity index (χ4n) is 3.00. The summed E-state index contributed by atoms with van der Waals surface area (Å²) >= 11 is 0. The number of nitrogens with one attached hydrogen (secondary N) is 2. The molecule has 0 spiro atoms. The molecule has 2 unspecified atom stereocenters. The number of aryl methyl sites for hydroxylation is 2. The van der Waals surface area contributed by atoms with E-state index in [-0.39, 0.29) is 0 Å². The summed E-state index contributed by atoms with van der Waals surface area (Å²) in [7, 11) is 0. The number of anilines is 1. The van der Waals surface area contributed by atoms with Crippen molar-refractivity contribution in [1.29, 1.82) is 0 Å². The molecule has 0 aliphatic carbocycles. The number of hydrogen-bond acceptors (Lipinski definition) is 4. The van der Waals surface area contributed by atoms with Crippen molar-refractivity contribution < 1.29 is 0 Å². The van der Waals surface area contributed by atoms with Gasteiger partial charge in [0.1, 0.15) is 0 Å². The van der Waals surface area contributed by atoms with Gasteiger partial charge < -0.3 is 10.2 Å². The average molecular weight is 285 g/mol. The van der Waals surface area contributed by atoms with Crippen LogP contribution in [0.1, 0.15) is 25.0 Å². The van der Waals surface area contributed by atoms with Crippen molar-refractivity contribution in [1.82, 2.24) is 20.5 Å². The number of nitrogens with zero attached hydrogens (tertiary/aromatic N) is 3. The number of aromatic amines is 1. The predicted molar refractivity (Wildman–Crippen MR) is 85.6 cm³/mol. The molecule has 21 heavy (non-hydrogen) atoms. The summed E-state index contributed by atoms with van der Waals surface area (Å²) in [6.45, 7) is 10.5. The third-order valence-electron chi connectivity index (χ3n) is 3.96. The fraction of sp³-hybridized carbons (Fsp3) is 0.500. The summed E-state index contributed by atoms with van der Waals surface area (Å²) < 4.78 is 0. The van der Waals surface area contributed by atoms with Gasteiger partial charge in [0.05, 0.1) is 0 Å². The van der Waals surface area contributed by atoms with E-state index in [1.807, 2.05) is 0 Å². The van der Waals surface area contributed by atoms with E-state index in [0.29, 0.717) is 12.1 Å². The fourth-order valence-corrected chi connectivity index (χ4v) is 3.00. The zero-order valence-electron chi connectivity index (χ0n) is 13.1. The topological polar surface area (TPSA) is 56.8 Å². The van der Waals surface area contributed by atoms with E-state index in [4.69, 9.17) is 4.98 Å². The smallest absolute Gasteiger partial charge is 0.245 e. The first-order valence-electron chi connectivity index (χ1n) is 7.54. The lowest BCUT2D eigenvalue weighted by Gasteiger charge is -2.35. The lowest BCUT2D eigenvalue weighted by molar-refractivity contribution is 0.403. The maximum absolute atomic E-state index is 4.71. The Morgan fingerprint density at radius 1 is 1.14 bits per heavy atom. The largest absolute Gasteiger partial charge is 0.336 e. The second kappa shape index (κ2) is 5.48. The van der Waals surface area contributed by atoms with Crippen molar-refractivity contribution in [2.45, 2.75) is 39.8 Å². The lowest BCUT2D eigenvalue weighted by Crippen LogP contribution is -2.54. The van der Waals surface area contributed by atoms with Gasteiger partial charge in [-0.1, -0.05) is 17.7 Å². The van der Waals surface area contributed by atoms with E-state index in [2.05, 4.69) is 66.3 Å². The van der Waals surface area contributed by atoms with Gasteiger partial charge in [-0.05, 0) is 39.3 Å². The van der Waals surface area contributed by atoms with Crippen LogP contribution in [0.2, 0.25) is 0 Å². The Balaban J connectivity index is 1.88. The van der Waals surface area contributed by atoms with Crippen LogP contribution in [0.15, 0.2) is 18.2 Å². The van der Waals surface area contributed by atoms with E-state index < -0.39 is 0 Å². The van der Waals surface area contributed by atoms with Crippen LogP contribution in [0.3, 0.4) is 0 Å². The molecule has 112 valence electrons. The molecule has 2 heterocycles. The van der Waals surface area contributed by atoms with Gasteiger partial charge in [0.25, 0.3) is 0 Å². The van der Waals surface area contributed by atoms with Crippen LogP contribution in [0.25, 0.3) is 11.4 Å². The summed E-state index contributed by atoms with van der Waals surface area (Å²) in [6.07, 6.45) is 0. The highest BCUT2D eigenvalue weighted by Gasteiger charge is 2.24. The number of hydrogen-bond donors (Lipinski definition) is 2. The maximum Gasteiger partial charge on any atom is 0.245 e. The Morgan fingerprint density at radius 3 is 2.57 bits per heavy atom. The molecule has 3 rings (SSSR count). The standard InChI is InChI=1S/C16H23N5/c1-10-5-6-11(2)14(7-10)15-18-16(20-19-15)21-8-12(3)17-13(4)9-21/h5-7,12-13,17H,8-9H2,1-4H3,(H,18,19,20). The van der Waals surface area contributed by atoms with Gasteiger partial charge >= 0.3 is 0 Å². The lowest BCUT2D eigenvalue weighted by atomic mass is 10.1. The minimum Gasteiger partial charge on any atom is -0.336 e. The zero-order valence-corrected chi connectivity index (χ0v) is 13.1. The Labute approximate surface area is 125 Å². The Hall–Kier alpha value is -1.88. The molecule has 0 saturated carbocycles. The van der Waals surface area contributed by atoms with E-state index >= 15 is 0 Å². The quantitative estimate of drug-likeness (QED) is 0.889. The van der Waals surface area contributed by atoms with E-state index in [0.717, 1.165) is 30.4 Å². The van der Waals surface area contributed by atoms with E-state index in [9.17, 15) is 0 Å². The Morgan fingerprint density at radius 2 is 1.86 bits per heavy atom. The molecule has 0 bridgehead atoms. The van der Waals surface area contributed by atoms with E-state index in [1.165, 1.54) is 11.1 Å². The van der Waals surface area contributed by atoms with Gasteiger partial charge in [-0.25, -0.2) is 0 Å². The number of benzene rings is 1. The molecule has 1 aromatic carbocycles. The van der Waals surface area contributed by atoms with Crippen LogP contribution in [-0.4, -0.2) is 40.4 Å². The highest BCUT2D eigenvalue weighted by Crippen LogP contribution is 2.23. The molecule has 0 amide bonds. The average Bonchev–Trinajstić information content (AvgIpc) is 2.90. The molecule has 5 heteroatoms. The molecule has 2 aromatic rings. The number of rotatable bonds is 2. The molecule has 1 aliphatic rings. The summed E-state index contributed by atoms with van der Waals surface area (Å²) in [5, 5.41) is 11.0. The van der Waals surface area contributed by atoms with Gasteiger partial charge in [-0.15, -0.1) is 5.10 Å². The van der Waals surface area contributed by atoms with Crippen LogP contribution < -0.4 is 10.2 Å². The van der Waals surface area contributed by atoms with Gasteiger partial charge in [0.2, 0.25) is 5.95 Å². The third kappa shape index (κ3) is 2.93. The zero-order chi connectivity index (χ0) is 15.0. The van der Waals surface area contributed by atoms with Crippen LogP contribution >= 0.6 is 0 Å². The van der Waals surface area contributed by atoms with Crippen molar-refractivity contribution in [2.75, 3.05) is 18.0 Å². The van der Waals surface area contributed by atoms with Gasteiger partial charge in [0.15, 0.2) is 5.82 Å². The van der Waals surface area contributed by atoms with Crippen molar-refractivity contribution in [3.63, 3.8) is 0 Å². The highest BCUT2D eigenvalue weighted by atomic mass is 15.4. The van der Waals surface area contributed by atoms with Crippen LogP contribution in [0.4, 0.5) is 5.95 Å². The van der Waals surface area contributed by atoms with Gasteiger partial charge in [-0.3, -0.25) is 5.10 Å². The second-order valence-corrected chi connectivity index (χ2v) is 6.18. The maximum atomic E-state index is 4.71. The van der Waals surface area contributed by atoms with Crippen LogP contribution in [0, 0.1) is 13.8 Å². The summed E-state index contributed by atoms with van der Waals surface area (Å²) in [6, 6.07) is 7.31. The first-order valence-corrected chi connectivity index (χ1v) is 7.54. The molecule has 0 radical (unpaired) electrons. The molecular formula is C16H23N5. The van der Waals surface area contributed by atoms with Gasteiger partial charge in [-0.2, -0.15) is 4.98 Å². The molecule has 2 N–H and O–H groups in total. The van der Waals surface area contributed by atoms with Crippen molar-refractivity contribution in [3.8, 4) is 11.4 Å². The van der Waals surface area contributed by atoms with Crippen molar-refractivity contribution >= 4 is 5.95 Å². The highest BCUT2D eigenvalue weighted by molar-refractivity contribution is 5.62. The van der Waals surface area contributed by atoms with Gasteiger partial charge in [0, 0.05) is 30.7 Å². The number of piperazine rings is 1. The SMILES string of the molecule is Cc1ccc(C)c(-c2nc(N3CC(C)NC(C)C3)n[nH]2)c1. The molecule has 1 aromatic heterocycles. The number of H-pyrrole nitrogens is 1. The second-order valence-electron chi connectivity index (χ2n) is 6.18. The normalized spacial score (nSPS) is 22.6. The minimum atomic E-state index is 0.455.